The van der Waals surface area contributed by atoms with Crippen LogP contribution in [0.15, 0.2) is 83.8 Å². The predicted molar refractivity (Wildman–Crippen MR) is 130 cm³/mol. The van der Waals surface area contributed by atoms with Gasteiger partial charge in [0.05, 0.1) is 16.5 Å². The molecule has 0 spiro atoms. The third kappa shape index (κ3) is 5.18. The average molecular weight is 475 g/mol. The molecule has 1 N–H and O–H groups in total. The topological polar surface area (TPSA) is 93.5 Å². The van der Waals surface area contributed by atoms with Crippen molar-refractivity contribution in [2.45, 2.75) is 17.9 Å². The van der Waals surface area contributed by atoms with Gasteiger partial charge in [-0.15, -0.1) is 0 Å². The van der Waals surface area contributed by atoms with Crippen molar-refractivity contribution in [3.8, 4) is 6.07 Å². The summed E-state index contributed by atoms with van der Waals surface area (Å²) >= 11 is 0. The van der Waals surface area contributed by atoms with Crippen LogP contribution in [0.25, 0.3) is 0 Å². The number of hydrogen-bond donors (Lipinski definition) is 1. The zero-order valence-electron chi connectivity index (χ0n) is 18.9. The minimum absolute atomic E-state index is 0.154. The Morgan fingerprint density at radius 2 is 1.53 bits per heavy atom. The van der Waals surface area contributed by atoms with Crippen molar-refractivity contribution < 1.29 is 13.2 Å². The van der Waals surface area contributed by atoms with Gasteiger partial charge in [-0.2, -0.15) is 9.57 Å². The number of amides is 1. The second kappa shape index (κ2) is 10.2. The molecule has 0 saturated carbocycles. The van der Waals surface area contributed by atoms with Crippen molar-refractivity contribution in [1.29, 1.82) is 5.26 Å². The Hall–Kier alpha value is -3.51. The van der Waals surface area contributed by atoms with Crippen molar-refractivity contribution >= 4 is 21.6 Å². The molecule has 8 heteroatoms. The minimum Gasteiger partial charge on any atom is -0.324 e. The van der Waals surface area contributed by atoms with Crippen LogP contribution in [0.1, 0.15) is 22.7 Å². The van der Waals surface area contributed by atoms with Gasteiger partial charge in [0.2, 0.25) is 15.9 Å². The van der Waals surface area contributed by atoms with Crippen LogP contribution in [-0.4, -0.2) is 49.7 Å². The number of nitrogens with zero attached hydrogens (tertiary/aromatic N) is 3. The second-order valence-electron chi connectivity index (χ2n) is 8.24. The first-order valence-corrected chi connectivity index (χ1v) is 12.5. The molecular formula is C26H26N4O3S. The summed E-state index contributed by atoms with van der Waals surface area (Å²) in [6.45, 7) is 3.35. The SMILES string of the molecule is Cc1ccc(NC(=O)[C@H](c2ccccc2)N2CCN(S(=O)(=O)c3ccc(C#N)cc3)CC2)cc1. The standard InChI is InChI=1S/C26H26N4O3S/c1-20-7-11-23(12-8-20)28-26(31)25(22-5-3-2-4-6-22)29-15-17-30(18-16-29)34(32,33)24-13-9-21(19-27)10-14-24/h2-14,25H,15-18H2,1H3,(H,28,31)/t25-/m0/s1. The molecule has 0 aliphatic carbocycles. The van der Waals surface area contributed by atoms with Gasteiger partial charge >= 0.3 is 0 Å². The molecule has 174 valence electrons. The van der Waals surface area contributed by atoms with Crippen LogP contribution in [0.5, 0.6) is 0 Å². The first kappa shape index (κ1) is 23.6. The van der Waals surface area contributed by atoms with Gasteiger partial charge in [-0.05, 0) is 48.9 Å². The molecule has 1 aliphatic rings. The number of carbonyl (C=O) groups excluding carboxylic acids is 1. The van der Waals surface area contributed by atoms with E-state index in [1.807, 2.05) is 72.5 Å². The number of carbonyl (C=O) groups is 1. The summed E-state index contributed by atoms with van der Waals surface area (Å²) in [4.78, 5) is 15.5. The van der Waals surface area contributed by atoms with Crippen LogP contribution in [-0.2, 0) is 14.8 Å². The summed E-state index contributed by atoms with van der Waals surface area (Å²) in [5.41, 5.74) is 3.10. The molecule has 0 aromatic heterocycles. The summed E-state index contributed by atoms with van der Waals surface area (Å²) in [6.07, 6.45) is 0. The Morgan fingerprint density at radius 1 is 0.912 bits per heavy atom. The molecule has 3 aromatic carbocycles. The molecule has 1 atom stereocenters. The number of nitrogens with one attached hydrogen (secondary N) is 1. The smallest absolute Gasteiger partial charge is 0.246 e. The summed E-state index contributed by atoms with van der Waals surface area (Å²) in [5, 5.41) is 12.0. The van der Waals surface area contributed by atoms with Gasteiger partial charge in [-0.25, -0.2) is 8.42 Å². The molecule has 1 heterocycles. The van der Waals surface area contributed by atoms with Gasteiger partial charge in [0.15, 0.2) is 0 Å². The molecule has 4 rings (SSSR count). The van der Waals surface area contributed by atoms with Crippen LogP contribution in [0.2, 0.25) is 0 Å². The van der Waals surface area contributed by atoms with Gasteiger partial charge in [0, 0.05) is 31.9 Å². The highest BCUT2D eigenvalue weighted by atomic mass is 32.2. The summed E-state index contributed by atoms with van der Waals surface area (Å²) < 4.78 is 27.6. The van der Waals surface area contributed by atoms with Gasteiger partial charge in [-0.1, -0.05) is 48.0 Å². The summed E-state index contributed by atoms with van der Waals surface area (Å²) in [5.74, 6) is -0.154. The highest BCUT2D eigenvalue weighted by Crippen LogP contribution is 2.26. The van der Waals surface area contributed by atoms with Crippen molar-refractivity contribution in [3.05, 3.63) is 95.6 Å². The number of rotatable bonds is 6. The second-order valence-corrected chi connectivity index (χ2v) is 10.2. The average Bonchev–Trinajstić information content (AvgIpc) is 2.86. The van der Waals surface area contributed by atoms with Crippen molar-refractivity contribution in [1.82, 2.24) is 9.21 Å². The van der Waals surface area contributed by atoms with Gasteiger partial charge < -0.3 is 5.32 Å². The monoisotopic (exact) mass is 474 g/mol. The first-order chi connectivity index (χ1) is 16.4. The van der Waals surface area contributed by atoms with Crippen molar-refractivity contribution in [3.63, 3.8) is 0 Å². The molecule has 1 aliphatic heterocycles. The van der Waals surface area contributed by atoms with Crippen LogP contribution >= 0.6 is 0 Å². The lowest BCUT2D eigenvalue weighted by molar-refractivity contribution is -0.122. The first-order valence-electron chi connectivity index (χ1n) is 11.1. The molecule has 1 saturated heterocycles. The largest absolute Gasteiger partial charge is 0.324 e. The molecule has 0 unspecified atom stereocenters. The molecule has 7 nitrogen and oxygen atoms in total. The quantitative estimate of drug-likeness (QED) is 0.590. The van der Waals surface area contributed by atoms with Crippen LogP contribution in [0, 0.1) is 18.3 Å². The van der Waals surface area contributed by atoms with Crippen molar-refractivity contribution in [2.75, 3.05) is 31.5 Å². The lowest BCUT2D eigenvalue weighted by atomic mass is 10.0. The number of nitriles is 1. The van der Waals surface area contributed by atoms with E-state index in [-0.39, 0.29) is 23.9 Å². The normalized spacial score (nSPS) is 15.9. The van der Waals surface area contributed by atoms with Gasteiger partial charge in [0.25, 0.3) is 0 Å². The molecule has 1 fully saturated rings. The molecular weight excluding hydrogens is 448 g/mol. The minimum atomic E-state index is -3.68. The number of piperazine rings is 1. The third-order valence-electron chi connectivity index (χ3n) is 5.94. The Balaban J connectivity index is 1.51. The van der Waals surface area contributed by atoms with E-state index in [0.717, 1.165) is 16.8 Å². The Labute approximate surface area is 200 Å². The van der Waals surface area contributed by atoms with E-state index in [2.05, 4.69) is 5.32 Å². The van der Waals surface area contributed by atoms with Crippen LogP contribution in [0.3, 0.4) is 0 Å². The fraction of sp³-hybridized carbons (Fsp3) is 0.231. The fourth-order valence-corrected chi connectivity index (χ4v) is 5.49. The zero-order chi connectivity index (χ0) is 24.1. The number of sulfonamides is 1. The Morgan fingerprint density at radius 3 is 2.12 bits per heavy atom. The van der Waals surface area contributed by atoms with E-state index in [1.165, 1.54) is 28.6 Å². The van der Waals surface area contributed by atoms with Crippen LogP contribution < -0.4 is 5.32 Å². The highest BCUT2D eigenvalue weighted by molar-refractivity contribution is 7.89. The Bertz CT molecular complexity index is 1280. The van der Waals surface area contributed by atoms with Crippen molar-refractivity contribution in [2.24, 2.45) is 0 Å². The maximum absolute atomic E-state index is 13.3. The van der Waals surface area contributed by atoms with Gasteiger partial charge in [-0.3, -0.25) is 9.69 Å². The van der Waals surface area contributed by atoms with E-state index in [4.69, 9.17) is 5.26 Å². The number of hydrogen-bond acceptors (Lipinski definition) is 5. The fourth-order valence-electron chi connectivity index (χ4n) is 4.06. The number of aryl methyl sites for hydroxylation is 1. The molecule has 0 radical (unpaired) electrons. The number of benzene rings is 3. The van der Waals surface area contributed by atoms with Crippen LogP contribution in [0.4, 0.5) is 5.69 Å². The number of anilines is 1. The predicted octanol–water partition coefficient (Wildman–Crippen LogP) is 3.55. The third-order valence-corrected chi connectivity index (χ3v) is 7.86. The summed E-state index contributed by atoms with van der Waals surface area (Å²) in [7, 11) is -3.68. The van der Waals surface area contributed by atoms with E-state index < -0.39 is 16.1 Å². The maximum Gasteiger partial charge on any atom is 0.246 e. The van der Waals surface area contributed by atoms with E-state index in [0.29, 0.717) is 18.7 Å². The van der Waals surface area contributed by atoms with E-state index in [1.54, 1.807) is 0 Å². The lowest BCUT2D eigenvalue weighted by Crippen LogP contribution is -2.51. The lowest BCUT2D eigenvalue weighted by Gasteiger charge is -2.38. The van der Waals surface area contributed by atoms with E-state index in [9.17, 15) is 13.2 Å². The zero-order valence-corrected chi connectivity index (χ0v) is 19.7. The van der Waals surface area contributed by atoms with E-state index >= 15 is 0 Å². The molecule has 1 amide bonds. The molecule has 34 heavy (non-hydrogen) atoms. The highest BCUT2D eigenvalue weighted by Gasteiger charge is 2.34. The molecule has 0 bridgehead atoms. The van der Waals surface area contributed by atoms with Gasteiger partial charge in [0.1, 0.15) is 6.04 Å². The summed E-state index contributed by atoms with van der Waals surface area (Å²) in [6, 6.07) is 24.5. The maximum atomic E-state index is 13.3. The Kier molecular flexibility index (Phi) is 7.08. The molecule has 3 aromatic rings.